The van der Waals surface area contributed by atoms with Crippen LogP contribution in [0.4, 0.5) is 0 Å². The molecule has 8 nitrogen and oxygen atoms in total. The molecule has 0 aromatic carbocycles. The second-order valence-corrected chi connectivity index (χ2v) is 11.5. The van der Waals surface area contributed by atoms with Crippen LogP contribution in [0.1, 0.15) is 74.7 Å². The number of carbonyl (C=O) groups is 2. The number of rotatable bonds is 5. The van der Waals surface area contributed by atoms with Crippen LogP contribution in [-0.4, -0.2) is 66.2 Å². The molecule has 1 aromatic rings. The lowest BCUT2D eigenvalue weighted by Crippen LogP contribution is -2.48. The summed E-state index contributed by atoms with van der Waals surface area (Å²) < 4.78 is 29.2. The number of carbonyl (C=O) groups excluding carboxylic acids is 2. The monoisotopic (exact) mass is 464 g/mol. The molecule has 3 aliphatic rings. The first-order valence-corrected chi connectivity index (χ1v) is 13.6. The Kier molecular flexibility index (Phi) is 7.24. The van der Waals surface area contributed by atoms with E-state index in [1.807, 2.05) is 0 Å². The first-order chi connectivity index (χ1) is 15.4. The third-order valence-corrected chi connectivity index (χ3v) is 9.05. The van der Waals surface area contributed by atoms with Gasteiger partial charge in [0.2, 0.25) is 15.9 Å². The van der Waals surface area contributed by atoms with Crippen LogP contribution in [0.15, 0.2) is 17.2 Å². The smallest absolute Gasteiger partial charge is 0.270 e. The number of nitrogens with one attached hydrogen (secondary N) is 1. The molecular formula is C23H36N4O4S. The van der Waals surface area contributed by atoms with E-state index in [4.69, 9.17) is 0 Å². The first-order valence-electron chi connectivity index (χ1n) is 12.1. The van der Waals surface area contributed by atoms with Crippen molar-refractivity contribution in [1.82, 2.24) is 19.1 Å². The van der Waals surface area contributed by atoms with Crippen LogP contribution in [0.2, 0.25) is 0 Å². The van der Waals surface area contributed by atoms with E-state index >= 15 is 0 Å². The highest BCUT2D eigenvalue weighted by Crippen LogP contribution is 2.25. The topological polar surface area (TPSA) is 91.7 Å². The normalized spacial score (nSPS) is 23.8. The average Bonchev–Trinajstić information content (AvgIpc) is 3.22. The molecule has 0 spiro atoms. The van der Waals surface area contributed by atoms with Crippen molar-refractivity contribution in [1.29, 1.82) is 0 Å². The van der Waals surface area contributed by atoms with E-state index in [2.05, 4.69) is 5.32 Å². The van der Waals surface area contributed by atoms with Crippen LogP contribution in [0.5, 0.6) is 0 Å². The summed E-state index contributed by atoms with van der Waals surface area (Å²) in [6, 6.07) is 1.76. The molecule has 178 valence electrons. The summed E-state index contributed by atoms with van der Waals surface area (Å²) in [4.78, 5) is 28.0. The highest BCUT2D eigenvalue weighted by atomic mass is 32.2. The molecule has 1 aliphatic carbocycles. The molecule has 1 N–H and O–H groups in total. The number of sulfonamides is 1. The van der Waals surface area contributed by atoms with E-state index in [0.29, 0.717) is 31.9 Å². The minimum absolute atomic E-state index is 0.0506. The van der Waals surface area contributed by atoms with Crippen LogP contribution >= 0.6 is 0 Å². The van der Waals surface area contributed by atoms with Gasteiger partial charge in [-0.15, -0.1) is 0 Å². The van der Waals surface area contributed by atoms with Gasteiger partial charge in [0.05, 0.1) is 5.92 Å². The van der Waals surface area contributed by atoms with Gasteiger partial charge in [0, 0.05) is 45.5 Å². The van der Waals surface area contributed by atoms with Crippen LogP contribution in [-0.2, 0) is 21.9 Å². The number of aromatic nitrogens is 1. The molecule has 0 radical (unpaired) electrons. The van der Waals surface area contributed by atoms with Gasteiger partial charge in [0.15, 0.2) is 0 Å². The lowest BCUT2D eigenvalue weighted by molar-refractivity contribution is -0.127. The zero-order chi connectivity index (χ0) is 22.7. The number of hydrogen-bond acceptors (Lipinski definition) is 4. The third-order valence-electron chi connectivity index (χ3n) is 7.18. The molecule has 4 rings (SSSR count). The Balaban J connectivity index is 1.43. The van der Waals surface area contributed by atoms with Gasteiger partial charge in [-0.2, -0.15) is 4.31 Å². The predicted octanol–water partition coefficient (Wildman–Crippen LogP) is 2.50. The van der Waals surface area contributed by atoms with Crippen molar-refractivity contribution in [3.63, 3.8) is 0 Å². The molecule has 1 unspecified atom stereocenters. The lowest BCUT2D eigenvalue weighted by Gasteiger charge is -2.33. The van der Waals surface area contributed by atoms with Gasteiger partial charge >= 0.3 is 0 Å². The quantitative estimate of drug-likeness (QED) is 0.725. The summed E-state index contributed by atoms with van der Waals surface area (Å²) in [5.41, 5.74) is 0.355. The first kappa shape index (κ1) is 23.3. The number of hydrogen-bond donors (Lipinski definition) is 1. The molecular weight excluding hydrogens is 428 g/mol. The SMILES string of the molecule is Cn1cc(S(=O)(=O)N2CCCCC2)cc1C(=O)N1CCCC(C(=O)NC2CCCCC2)C1. The van der Waals surface area contributed by atoms with Gasteiger partial charge in [0.1, 0.15) is 10.6 Å². The predicted molar refractivity (Wildman–Crippen MR) is 122 cm³/mol. The zero-order valence-electron chi connectivity index (χ0n) is 19.1. The fraction of sp³-hybridized carbons (Fsp3) is 0.739. The summed E-state index contributed by atoms with van der Waals surface area (Å²) in [5.74, 6) is -0.358. The minimum atomic E-state index is -3.59. The summed E-state index contributed by atoms with van der Waals surface area (Å²) in [7, 11) is -1.88. The van der Waals surface area contributed by atoms with E-state index < -0.39 is 10.0 Å². The Hall–Kier alpha value is -1.87. The fourth-order valence-electron chi connectivity index (χ4n) is 5.25. The Labute approximate surface area is 191 Å². The standard InChI is InChI=1S/C23H36N4O4S/c1-25-17-20(32(30,31)27-13-6-3-7-14-27)15-21(25)23(29)26-12-8-9-18(16-26)22(28)24-19-10-4-2-5-11-19/h15,17-19H,2-14,16H2,1H3,(H,24,28). The van der Waals surface area contributed by atoms with Crippen molar-refractivity contribution in [2.75, 3.05) is 26.2 Å². The maximum Gasteiger partial charge on any atom is 0.270 e. The van der Waals surface area contributed by atoms with Crippen LogP contribution in [0.3, 0.4) is 0 Å². The molecule has 2 saturated heterocycles. The lowest BCUT2D eigenvalue weighted by atomic mass is 9.93. The Morgan fingerprint density at radius 2 is 1.62 bits per heavy atom. The second kappa shape index (κ2) is 9.95. The highest BCUT2D eigenvalue weighted by molar-refractivity contribution is 7.89. The molecule has 3 heterocycles. The largest absolute Gasteiger partial charge is 0.353 e. The molecule has 2 aliphatic heterocycles. The van der Waals surface area contributed by atoms with Gasteiger partial charge in [0.25, 0.3) is 5.91 Å². The maximum absolute atomic E-state index is 13.3. The van der Waals surface area contributed by atoms with E-state index in [0.717, 1.165) is 57.8 Å². The molecule has 1 aromatic heterocycles. The summed E-state index contributed by atoms with van der Waals surface area (Å²) in [5, 5.41) is 3.19. The summed E-state index contributed by atoms with van der Waals surface area (Å²) in [6.07, 6.45) is 11.5. The van der Waals surface area contributed by atoms with Crippen molar-refractivity contribution in [2.45, 2.75) is 75.1 Å². The van der Waals surface area contributed by atoms with Crippen molar-refractivity contribution in [2.24, 2.45) is 13.0 Å². The molecule has 0 bridgehead atoms. The molecule has 9 heteroatoms. The minimum Gasteiger partial charge on any atom is -0.353 e. The van der Waals surface area contributed by atoms with Gasteiger partial charge in [-0.1, -0.05) is 25.7 Å². The molecule has 2 amide bonds. The summed E-state index contributed by atoms with van der Waals surface area (Å²) in [6.45, 7) is 2.04. The number of nitrogens with zero attached hydrogens (tertiary/aromatic N) is 3. The van der Waals surface area contributed by atoms with E-state index in [9.17, 15) is 18.0 Å². The van der Waals surface area contributed by atoms with Crippen LogP contribution in [0, 0.1) is 5.92 Å². The second-order valence-electron chi connectivity index (χ2n) is 9.57. The zero-order valence-corrected chi connectivity index (χ0v) is 19.9. The fourth-order valence-corrected chi connectivity index (χ4v) is 6.83. The van der Waals surface area contributed by atoms with Gasteiger partial charge in [-0.05, 0) is 44.6 Å². The van der Waals surface area contributed by atoms with E-state index in [1.54, 1.807) is 16.5 Å². The Bertz CT molecular complexity index is 930. The van der Waals surface area contributed by atoms with Crippen molar-refractivity contribution in [3.8, 4) is 0 Å². The van der Waals surface area contributed by atoms with E-state index in [1.165, 1.54) is 23.0 Å². The Morgan fingerprint density at radius 3 is 2.34 bits per heavy atom. The van der Waals surface area contributed by atoms with Gasteiger partial charge < -0.3 is 14.8 Å². The summed E-state index contributed by atoms with van der Waals surface area (Å²) >= 11 is 0. The third kappa shape index (κ3) is 5.03. The molecule has 1 atom stereocenters. The van der Waals surface area contributed by atoms with Gasteiger partial charge in [-0.3, -0.25) is 9.59 Å². The van der Waals surface area contributed by atoms with Crippen molar-refractivity contribution < 1.29 is 18.0 Å². The molecule has 3 fully saturated rings. The van der Waals surface area contributed by atoms with Crippen molar-refractivity contribution in [3.05, 3.63) is 18.0 Å². The number of piperidine rings is 2. The highest BCUT2D eigenvalue weighted by Gasteiger charge is 2.33. The number of likely N-dealkylation sites (tertiary alicyclic amines) is 1. The van der Waals surface area contributed by atoms with Gasteiger partial charge in [-0.25, -0.2) is 8.42 Å². The van der Waals surface area contributed by atoms with Crippen LogP contribution in [0.25, 0.3) is 0 Å². The number of aryl methyl sites for hydroxylation is 1. The van der Waals surface area contributed by atoms with E-state index in [-0.39, 0.29) is 28.7 Å². The Morgan fingerprint density at radius 1 is 0.938 bits per heavy atom. The van der Waals surface area contributed by atoms with Crippen LogP contribution < -0.4 is 5.32 Å². The average molecular weight is 465 g/mol. The number of amides is 2. The molecule has 1 saturated carbocycles. The molecule has 32 heavy (non-hydrogen) atoms. The maximum atomic E-state index is 13.3. The van der Waals surface area contributed by atoms with Crippen molar-refractivity contribution >= 4 is 21.8 Å².